The molecule has 0 amide bonds. The third-order valence-corrected chi connectivity index (χ3v) is 2.63. The van der Waals surface area contributed by atoms with Crippen molar-refractivity contribution in [3.8, 4) is 0 Å². The Morgan fingerprint density at radius 3 is 2.50 bits per heavy atom. The summed E-state index contributed by atoms with van der Waals surface area (Å²) in [6.45, 7) is 7.99. The highest BCUT2D eigenvalue weighted by Crippen LogP contribution is 2.09. The van der Waals surface area contributed by atoms with Gasteiger partial charge in [0.05, 0.1) is 6.10 Å². The van der Waals surface area contributed by atoms with E-state index in [1.165, 1.54) is 38.5 Å². The number of allylic oxidation sites excluding steroid dienone is 2. The van der Waals surface area contributed by atoms with Gasteiger partial charge in [0.2, 0.25) is 0 Å². The van der Waals surface area contributed by atoms with Crippen LogP contribution in [0.4, 0.5) is 0 Å². The molecule has 0 bridgehead atoms. The van der Waals surface area contributed by atoms with Gasteiger partial charge < -0.3 is 5.11 Å². The average molecular weight is 224 g/mol. The molecule has 0 radical (unpaired) electrons. The van der Waals surface area contributed by atoms with Crippen LogP contribution in [0.2, 0.25) is 0 Å². The summed E-state index contributed by atoms with van der Waals surface area (Å²) in [5.41, 5.74) is 1.12. The zero-order chi connectivity index (χ0) is 12.2. The molecule has 16 heavy (non-hydrogen) atoms. The Labute approximate surface area is 101 Å². The third kappa shape index (κ3) is 11.5. The molecule has 0 saturated carbocycles. The van der Waals surface area contributed by atoms with Gasteiger partial charge in [-0.05, 0) is 32.6 Å². The van der Waals surface area contributed by atoms with Crippen LogP contribution >= 0.6 is 0 Å². The van der Waals surface area contributed by atoms with Crippen LogP contribution in [0.25, 0.3) is 0 Å². The highest BCUT2D eigenvalue weighted by molar-refractivity contribution is 5.03. The van der Waals surface area contributed by atoms with Crippen molar-refractivity contribution in [2.24, 2.45) is 0 Å². The van der Waals surface area contributed by atoms with E-state index >= 15 is 0 Å². The molecule has 0 aromatic rings. The number of hydrogen-bond acceptors (Lipinski definition) is 1. The van der Waals surface area contributed by atoms with Crippen molar-refractivity contribution in [2.75, 3.05) is 0 Å². The van der Waals surface area contributed by atoms with Crippen molar-refractivity contribution in [3.63, 3.8) is 0 Å². The molecule has 0 aliphatic heterocycles. The van der Waals surface area contributed by atoms with Gasteiger partial charge in [0, 0.05) is 0 Å². The second-order valence-corrected chi connectivity index (χ2v) is 4.68. The van der Waals surface area contributed by atoms with Gasteiger partial charge >= 0.3 is 0 Å². The molecule has 94 valence electrons. The van der Waals surface area contributed by atoms with E-state index in [4.69, 9.17) is 5.11 Å². The van der Waals surface area contributed by atoms with Crippen molar-refractivity contribution in [2.45, 2.75) is 71.3 Å². The van der Waals surface area contributed by atoms with Crippen LogP contribution in [0.3, 0.4) is 0 Å². The Morgan fingerprint density at radius 1 is 1.19 bits per heavy atom. The maximum absolute atomic E-state index is 9.16. The monoisotopic (exact) mass is 224 g/mol. The van der Waals surface area contributed by atoms with Crippen LogP contribution in [0.15, 0.2) is 24.3 Å². The second-order valence-electron chi connectivity index (χ2n) is 4.68. The fourth-order valence-electron chi connectivity index (χ4n) is 1.73. The Kier molecular flexibility index (Phi) is 10.6. The minimum absolute atomic E-state index is 0.255. The quantitative estimate of drug-likeness (QED) is 0.424. The summed E-state index contributed by atoms with van der Waals surface area (Å²) >= 11 is 0. The fraction of sp³-hybridized carbons (Fsp3) is 0.733. The van der Waals surface area contributed by atoms with Crippen LogP contribution in [-0.4, -0.2) is 11.2 Å². The minimum Gasteiger partial charge on any atom is -0.393 e. The SMILES string of the molecule is C=C(C/C=C/CCCCCCC)CC(C)O. The summed E-state index contributed by atoms with van der Waals surface area (Å²) in [7, 11) is 0. The van der Waals surface area contributed by atoms with E-state index in [-0.39, 0.29) is 6.10 Å². The Morgan fingerprint density at radius 2 is 1.88 bits per heavy atom. The van der Waals surface area contributed by atoms with E-state index in [1.54, 1.807) is 0 Å². The molecule has 1 nitrogen and oxygen atoms in total. The fourth-order valence-corrected chi connectivity index (χ4v) is 1.73. The average Bonchev–Trinajstić information content (AvgIpc) is 2.21. The lowest BCUT2D eigenvalue weighted by atomic mass is 10.1. The number of unbranched alkanes of at least 4 members (excludes halogenated alkanes) is 5. The number of aliphatic hydroxyl groups excluding tert-OH is 1. The van der Waals surface area contributed by atoms with Gasteiger partial charge in [0.15, 0.2) is 0 Å². The molecular formula is C15H28O. The minimum atomic E-state index is -0.255. The van der Waals surface area contributed by atoms with Crippen molar-refractivity contribution < 1.29 is 5.11 Å². The first-order valence-corrected chi connectivity index (χ1v) is 6.66. The topological polar surface area (TPSA) is 20.2 Å². The molecule has 0 spiro atoms. The van der Waals surface area contributed by atoms with Crippen molar-refractivity contribution in [3.05, 3.63) is 24.3 Å². The summed E-state index contributed by atoms with van der Waals surface area (Å²) in [5.74, 6) is 0. The first kappa shape index (κ1) is 15.4. The lowest BCUT2D eigenvalue weighted by Crippen LogP contribution is -1.99. The summed E-state index contributed by atoms with van der Waals surface area (Å²) in [4.78, 5) is 0. The van der Waals surface area contributed by atoms with E-state index in [2.05, 4.69) is 25.7 Å². The second kappa shape index (κ2) is 10.9. The van der Waals surface area contributed by atoms with Gasteiger partial charge in [-0.1, -0.05) is 56.9 Å². The third-order valence-electron chi connectivity index (χ3n) is 2.63. The van der Waals surface area contributed by atoms with Gasteiger partial charge in [-0.15, -0.1) is 0 Å². The lowest BCUT2D eigenvalue weighted by Gasteiger charge is -2.04. The Hall–Kier alpha value is -0.560. The number of aliphatic hydroxyl groups is 1. The first-order valence-electron chi connectivity index (χ1n) is 6.66. The van der Waals surface area contributed by atoms with Gasteiger partial charge in [0.25, 0.3) is 0 Å². The molecule has 1 atom stereocenters. The molecule has 1 N–H and O–H groups in total. The first-order chi connectivity index (χ1) is 7.66. The summed E-state index contributed by atoms with van der Waals surface area (Å²) in [6.07, 6.45) is 13.7. The molecule has 0 fully saturated rings. The summed E-state index contributed by atoms with van der Waals surface area (Å²) < 4.78 is 0. The highest BCUT2D eigenvalue weighted by Gasteiger charge is 1.97. The van der Waals surface area contributed by atoms with Crippen molar-refractivity contribution in [1.29, 1.82) is 0 Å². The normalized spacial score (nSPS) is 13.2. The van der Waals surface area contributed by atoms with Crippen LogP contribution in [0, 0.1) is 0 Å². The van der Waals surface area contributed by atoms with Crippen LogP contribution < -0.4 is 0 Å². The standard InChI is InChI=1S/C15H28O/c1-4-5-6-7-8-9-10-11-12-14(2)13-15(3)16/h10-11,15-16H,2,4-9,12-13H2,1,3H3/b11-10+. The van der Waals surface area contributed by atoms with Gasteiger partial charge in [-0.2, -0.15) is 0 Å². The van der Waals surface area contributed by atoms with E-state index in [0.29, 0.717) is 0 Å². The van der Waals surface area contributed by atoms with Crippen LogP contribution in [0.1, 0.15) is 65.2 Å². The van der Waals surface area contributed by atoms with E-state index in [0.717, 1.165) is 18.4 Å². The van der Waals surface area contributed by atoms with E-state index in [1.807, 2.05) is 6.92 Å². The predicted molar refractivity (Wildman–Crippen MR) is 72.6 cm³/mol. The maximum atomic E-state index is 9.16. The Bertz CT molecular complexity index is 192. The smallest absolute Gasteiger partial charge is 0.0549 e. The molecule has 0 heterocycles. The van der Waals surface area contributed by atoms with Crippen LogP contribution in [-0.2, 0) is 0 Å². The zero-order valence-electron chi connectivity index (χ0n) is 11.0. The van der Waals surface area contributed by atoms with E-state index < -0.39 is 0 Å². The molecule has 0 aromatic carbocycles. The van der Waals surface area contributed by atoms with E-state index in [9.17, 15) is 0 Å². The number of rotatable bonds is 10. The number of hydrogen-bond donors (Lipinski definition) is 1. The van der Waals surface area contributed by atoms with Crippen LogP contribution in [0.5, 0.6) is 0 Å². The predicted octanol–water partition coefficient (Wildman–Crippen LogP) is 4.62. The summed E-state index contributed by atoms with van der Waals surface area (Å²) in [5, 5.41) is 9.16. The molecule has 0 rings (SSSR count). The summed E-state index contributed by atoms with van der Waals surface area (Å²) in [6, 6.07) is 0. The van der Waals surface area contributed by atoms with Gasteiger partial charge in [-0.25, -0.2) is 0 Å². The molecule has 0 aliphatic rings. The lowest BCUT2D eigenvalue weighted by molar-refractivity contribution is 0.195. The Balaban J connectivity index is 3.30. The molecule has 0 saturated heterocycles. The zero-order valence-corrected chi connectivity index (χ0v) is 11.0. The highest BCUT2D eigenvalue weighted by atomic mass is 16.3. The van der Waals surface area contributed by atoms with Gasteiger partial charge in [-0.3, -0.25) is 0 Å². The molecule has 0 aliphatic carbocycles. The van der Waals surface area contributed by atoms with Crippen molar-refractivity contribution >= 4 is 0 Å². The van der Waals surface area contributed by atoms with Crippen molar-refractivity contribution in [1.82, 2.24) is 0 Å². The molecule has 1 heteroatoms. The molecule has 0 aromatic heterocycles. The molecule has 1 unspecified atom stereocenters. The largest absolute Gasteiger partial charge is 0.393 e. The van der Waals surface area contributed by atoms with Gasteiger partial charge in [0.1, 0.15) is 0 Å². The molecular weight excluding hydrogens is 196 g/mol. The maximum Gasteiger partial charge on any atom is 0.0549 e.